The number of ether oxygens (including phenoxy) is 1. The van der Waals surface area contributed by atoms with Crippen molar-refractivity contribution >= 4 is 11.6 Å². The minimum absolute atomic E-state index is 0.151. The predicted octanol–water partition coefficient (Wildman–Crippen LogP) is 2.10. The first-order valence-electron chi connectivity index (χ1n) is 7.90. The number of methoxy groups -OCH3 is 1. The van der Waals surface area contributed by atoms with E-state index in [4.69, 9.17) is 4.74 Å². The number of aryl methyl sites for hydroxylation is 2. The largest absolute Gasteiger partial charge is 0.496 e. The van der Waals surface area contributed by atoms with Gasteiger partial charge in [0.1, 0.15) is 18.1 Å². The Labute approximate surface area is 142 Å². The second-order valence-electron chi connectivity index (χ2n) is 6.14. The number of carbonyl (C=O) groups excluding carboxylic acids is 1. The van der Waals surface area contributed by atoms with Gasteiger partial charge < -0.3 is 15.0 Å². The lowest BCUT2D eigenvalue weighted by Crippen LogP contribution is -3.08. The smallest absolute Gasteiger partial charge is 0.279 e. The number of hydrogen-bond donors (Lipinski definition) is 2. The van der Waals surface area contributed by atoms with Crippen LogP contribution in [0.15, 0.2) is 36.4 Å². The van der Waals surface area contributed by atoms with Crippen LogP contribution in [-0.4, -0.2) is 26.6 Å². The fraction of sp³-hybridized carbons (Fsp3) is 0.316. The Hall–Kier alpha value is -2.40. The fourth-order valence-electron chi connectivity index (χ4n) is 2.58. The van der Waals surface area contributed by atoms with E-state index in [1.807, 2.05) is 26.1 Å². The summed E-state index contributed by atoms with van der Waals surface area (Å²) in [6.07, 6.45) is 0. The molecule has 0 aliphatic rings. The third-order valence-electron chi connectivity index (χ3n) is 3.85. The quantitative estimate of drug-likeness (QED) is 0.851. The lowest BCUT2D eigenvalue weighted by Gasteiger charge is -2.16. The Morgan fingerprint density at radius 3 is 2.62 bits per heavy atom. The number of carbonyl (C=O) groups is 1. The van der Waals surface area contributed by atoms with E-state index in [9.17, 15) is 9.18 Å². The van der Waals surface area contributed by atoms with Crippen molar-refractivity contribution in [1.82, 2.24) is 0 Å². The van der Waals surface area contributed by atoms with Gasteiger partial charge in [-0.1, -0.05) is 17.7 Å². The Balaban J connectivity index is 1.96. The highest BCUT2D eigenvalue weighted by Gasteiger charge is 2.14. The monoisotopic (exact) mass is 331 g/mol. The van der Waals surface area contributed by atoms with Crippen LogP contribution in [-0.2, 0) is 11.3 Å². The third kappa shape index (κ3) is 4.80. The van der Waals surface area contributed by atoms with Gasteiger partial charge in [0.15, 0.2) is 6.54 Å². The molecular weight excluding hydrogens is 307 g/mol. The van der Waals surface area contributed by atoms with E-state index in [2.05, 4.69) is 11.4 Å². The molecule has 128 valence electrons. The summed E-state index contributed by atoms with van der Waals surface area (Å²) in [7, 11) is 3.58. The predicted molar refractivity (Wildman–Crippen MR) is 93.0 cm³/mol. The van der Waals surface area contributed by atoms with Gasteiger partial charge in [0.25, 0.3) is 5.91 Å². The van der Waals surface area contributed by atoms with Crippen LogP contribution < -0.4 is 15.0 Å². The number of likely N-dealkylation sites (N-methyl/N-ethyl adjacent to an activating group) is 1. The van der Waals surface area contributed by atoms with Gasteiger partial charge in [-0.25, -0.2) is 4.39 Å². The Morgan fingerprint density at radius 1 is 1.21 bits per heavy atom. The molecule has 2 aromatic rings. The molecule has 0 spiro atoms. The van der Waals surface area contributed by atoms with Crippen molar-refractivity contribution in [1.29, 1.82) is 0 Å². The van der Waals surface area contributed by atoms with Gasteiger partial charge >= 0.3 is 0 Å². The first-order chi connectivity index (χ1) is 11.4. The normalized spacial score (nSPS) is 11.9. The van der Waals surface area contributed by atoms with E-state index >= 15 is 0 Å². The zero-order valence-electron chi connectivity index (χ0n) is 14.6. The molecule has 5 heteroatoms. The maximum atomic E-state index is 13.5. The standard InChI is InChI=1S/C19H23FN2O2/c1-13-5-8-18(24-4)15(9-13)11-22(3)12-19(23)21-16-7-6-14(2)17(20)10-16/h5-10H,11-12H2,1-4H3,(H,21,23)/p+1. The van der Waals surface area contributed by atoms with Crippen LogP contribution in [0.2, 0.25) is 0 Å². The minimum Gasteiger partial charge on any atom is -0.496 e. The number of hydrogen-bond acceptors (Lipinski definition) is 2. The zero-order chi connectivity index (χ0) is 17.7. The maximum Gasteiger partial charge on any atom is 0.279 e. The molecule has 24 heavy (non-hydrogen) atoms. The van der Waals surface area contributed by atoms with Crippen LogP contribution in [0.3, 0.4) is 0 Å². The van der Waals surface area contributed by atoms with Gasteiger partial charge in [-0.05, 0) is 43.7 Å². The first-order valence-corrected chi connectivity index (χ1v) is 7.90. The van der Waals surface area contributed by atoms with E-state index in [0.717, 1.165) is 21.8 Å². The molecule has 2 aromatic carbocycles. The summed E-state index contributed by atoms with van der Waals surface area (Å²) in [5.74, 6) is 0.348. The highest BCUT2D eigenvalue weighted by atomic mass is 19.1. The fourth-order valence-corrected chi connectivity index (χ4v) is 2.58. The Morgan fingerprint density at radius 2 is 1.96 bits per heavy atom. The molecule has 0 saturated carbocycles. The van der Waals surface area contributed by atoms with Crippen molar-refractivity contribution in [2.75, 3.05) is 26.0 Å². The van der Waals surface area contributed by atoms with Crippen LogP contribution in [0.25, 0.3) is 0 Å². The number of quaternary nitrogens is 1. The molecule has 1 atom stereocenters. The number of rotatable bonds is 6. The number of anilines is 1. The number of amides is 1. The molecule has 2 rings (SSSR count). The molecule has 0 fully saturated rings. The third-order valence-corrected chi connectivity index (χ3v) is 3.85. The number of nitrogens with one attached hydrogen (secondary N) is 2. The Kier molecular flexibility index (Phi) is 5.93. The second-order valence-corrected chi connectivity index (χ2v) is 6.14. The van der Waals surface area contributed by atoms with Gasteiger partial charge in [0.2, 0.25) is 0 Å². The van der Waals surface area contributed by atoms with Gasteiger partial charge in [0.05, 0.1) is 14.2 Å². The van der Waals surface area contributed by atoms with Crippen LogP contribution in [0, 0.1) is 19.7 Å². The van der Waals surface area contributed by atoms with Crippen LogP contribution >= 0.6 is 0 Å². The lowest BCUT2D eigenvalue weighted by atomic mass is 10.1. The number of benzene rings is 2. The van der Waals surface area contributed by atoms with Crippen molar-refractivity contribution < 1.29 is 18.8 Å². The molecule has 0 bridgehead atoms. The first kappa shape index (κ1) is 17.9. The van der Waals surface area contributed by atoms with E-state index in [1.54, 1.807) is 26.2 Å². The highest BCUT2D eigenvalue weighted by Crippen LogP contribution is 2.18. The summed E-state index contributed by atoms with van der Waals surface area (Å²) in [5.41, 5.74) is 3.24. The average molecular weight is 331 g/mol. The summed E-state index contributed by atoms with van der Waals surface area (Å²) in [5, 5.41) is 2.74. The summed E-state index contributed by atoms with van der Waals surface area (Å²) < 4.78 is 18.9. The summed E-state index contributed by atoms with van der Waals surface area (Å²) in [6.45, 7) is 4.66. The van der Waals surface area contributed by atoms with Gasteiger partial charge in [0, 0.05) is 11.3 Å². The molecule has 1 amide bonds. The highest BCUT2D eigenvalue weighted by molar-refractivity contribution is 5.91. The molecule has 0 heterocycles. The van der Waals surface area contributed by atoms with E-state index < -0.39 is 0 Å². The second kappa shape index (κ2) is 7.93. The van der Waals surface area contributed by atoms with Gasteiger partial charge in [-0.2, -0.15) is 0 Å². The summed E-state index contributed by atoms with van der Waals surface area (Å²) in [4.78, 5) is 13.2. The average Bonchev–Trinajstić information content (AvgIpc) is 2.51. The van der Waals surface area contributed by atoms with E-state index in [-0.39, 0.29) is 18.3 Å². The molecule has 0 radical (unpaired) electrons. The van der Waals surface area contributed by atoms with Gasteiger partial charge in [-0.15, -0.1) is 0 Å². The van der Waals surface area contributed by atoms with Gasteiger partial charge in [-0.3, -0.25) is 4.79 Å². The molecule has 0 saturated heterocycles. The zero-order valence-corrected chi connectivity index (χ0v) is 14.6. The minimum atomic E-state index is -0.321. The number of halogens is 1. The van der Waals surface area contributed by atoms with Crippen molar-refractivity contribution in [3.63, 3.8) is 0 Å². The molecule has 0 aliphatic carbocycles. The summed E-state index contributed by atoms with van der Waals surface area (Å²) in [6, 6.07) is 10.7. The SMILES string of the molecule is COc1ccc(C)cc1C[NH+](C)CC(=O)Nc1ccc(C)c(F)c1. The maximum absolute atomic E-state index is 13.5. The molecule has 0 aliphatic heterocycles. The van der Waals surface area contributed by atoms with Crippen LogP contribution in [0.4, 0.5) is 10.1 Å². The lowest BCUT2D eigenvalue weighted by molar-refractivity contribution is -0.885. The van der Waals surface area contributed by atoms with E-state index in [1.165, 1.54) is 6.07 Å². The van der Waals surface area contributed by atoms with Crippen LogP contribution in [0.5, 0.6) is 5.75 Å². The van der Waals surface area contributed by atoms with Crippen molar-refractivity contribution in [3.8, 4) is 5.75 Å². The van der Waals surface area contributed by atoms with Crippen molar-refractivity contribution in [2.45, 2.75) is 20.4 Å². The molecule has 4 nitrogen and oxygen atoms in total. The van der Waals surface area contributed by atoms with Crippen molar-refractivity contribution in [2.24, 2.45) is 0 Å². The van der Waals surface area contributed by atoms with E-state index in [0.29, 0.717) is 17.8 Å². The molecular formula is C19H24FN2O2+. The molecule has 2 N–H and O–H groups in total. The molecule has 1 unspecified atom stereocenters. The summed E-state index contributed by atoms with van der Waals surface area (Å²) >= 11 is 0. The topological polar surface area (TPSA) is 42.8 Å². The van der Waals surface area contributed by atoms with Crippen molar-refractivity contribution in [3.05, 3.63) is 58.9 Å². The molecule has 0 aromatic heterocycles. The van der Waals surface area contributed by atoms with Crippen LogP contribution in [0.1, 0.15) is 16.7 Å². The Bertz CT molecular complexity index is 731.